The van der Waals surface area contributed by atoms with Gasteiger partial charge in [0.05, 0.1) is 34.1 Å². The molecule has 0 aliphatic heterocycles. The standard InChI is InChI=1S/C30H33BN6O9/c1-16(38)32-22-10-7-11-23(33-17(2)39)28(22)44-31(45-29-24(34-18(3)40)12-8-13-25(29)35-19(4)41)46-30-26(36-20(5)42)14-9-15-27(30)37-21(6)43/h7-15H,1-6H3,(H,32,38)(H,33,39)(H,34,40)(H,35,41)(H,36,42)(H,37,43). The number of benzene rings is 3. The highest BCUT2D eigenvalue weighted by Crippen LogP contribution is 2.40. The Morgan fingerprint density at radius 3 is 0.717 bits per heavy atom. The second-order valence-electron chi connectivity index (χ2n) is 9.78. The molecule has 15 nitrogen and oxygen atoms in total. The molecule has 0 spiro atoms. The van der Waals surface area contributed by atoms with Crippen molar-refractivity contribution in [1.82, 2.24) is 0 Å². The maximum Gasteiger partial charge on any atom is 0.864 e. The Kier molecular flexibility index (Phi) is 11.7. The summed E-state index contributed by atoms with van der Waals surface area (Å²) in [5.41, 5.74) is 0.697. The lowest BCUT2D eigenvalue weighted by Gasteiger charge is -2.24. The lowest BCUT2D eigenvalue weighted by atomic mass is 10.1. The van der Waals surface area contributed by atoms with E-state index >= 15 is 0 Å². The van der Waals surface area contributed by atoms with Gasteiger partial charge in [0.25, 0.3) is 0 Å². The normalized spacial score (nSPS) is 10.0. The molecule has 0 atom stereocenters. The SMILES string of the molecule is CC(=O)Nc1cccc(NC(C)=O)c1OB(Oc1c(NC(C)=O)cccc1NC(C)=O)Oc1c(NC(C)=O)cccc1NC(C)=O. The van der Waals surface area contributed by atoms with Crippen LogP contribution in [0.4, 0.5) is 34.1 Å². The van der Waals surface area contributed by atoms with E-state index in [4.69, 9.17) is 14.0 Å². The number of carbonyl (C=O) groups is 6. The van der Waals surface area contributed by atoms with Crippen LogP contribution in [0.25, 0.3) is 0 Å². The van der Waals surface area contributed by atoms with E-state index in [-0.39, 0.29) is 51.4 Å². The van der Waals surface area contributed by atoms with Crippen LogP contribution in [0.2, 0.25) is 0 Å². The van der Waals surface area contributed by atoms with Crippen molar-refractivity contribution in [2.45, 2.75) is 41.5 Å². The lowest BCUT2D eigenvalue weighted by Crippen LogP contribution is -2.38. The first kappa shape index (κ1) is 34.4. The van der Waals surface area contributed by atoms with Gasteiger partial charge in [0.1, 0.15) is 0 Å². The molecule has 0 aliphatic carbocycles. The van der Waals surface area contributed by atoms with E-state index in [2.05, 4.69) is 31.9 Å². The van der Waals surface area contributed by atoms with Gasteiger partial charge in [-0.1, -0.05) is 18.2 Å². The van der Waals surface area contributed by atoms with Gasteiger partial charge in [0.15, 0.2) is 17.2 Å². The van der Waals surface area contributed by atoms with Gasteiger partial charge in [-0.3, -0.25) is 28.8 Å². The Bertz CT molecular complexity index is 1380. The van der Waals surface area contributed by atoms with Crippen molar-refractivity contribution in [3.63, 3.8) is 0 Å². The summed E-state index contributed by atoms with van der Waals surface area (Å²) in [6.45, 7) is 7.62. The first-order valence-electron chi connectivity index (χ1n) is 13.8. The van der Waals surface area contributed by atoms with Crippen LogP contribution in [0.3, 0.4) is 0 Å². The number of carbonyl (C=O) groups excluding carboxylic acids is 6. The fourth-order valence-electron chi connectivity index (χ4n) is 4.08. The summed E-state index contributed by atoms with van der Waals surface area (Å²) in [5.74, 6) is -3.08. The topological polar surface area (TPSA) is 202 Å². The maximum atomic E-state index is 12.1. The zero-order chi connectivity index (χ0) is 34.0. The van der Waals surface area contributed by atoms with Gasteiger partial charge < -0.3 is 45.9 Å². The summed E-state index contributed by atoms with van der Waals surface area (Å²) >= 11 is 0. The molecule has 6 N–H and O–H groups in total. The first-order chi connectivity index (χ1) is 21.7. The quantitative estimate of drug-likeness (QED) is 0.160. The van der Waals surface area contributed by atoms with Crippen LogP contribution in [0.1, 0.15) is 41.5 Å². The van der Waals surface area contributed by atoms with Crippen LogP contribution >= 0.6 is 0 Å². The Hall–Kier alpha value is -6.06. The van der Waals surface area contributed by atoms with E-state index in [1.807, 2.05) is 0 Å². The Balaban J connectivity index is 2.28. The third-order valence-electron chi connectivity index (χ3n) is 5.55. The van der Waals surface area contributed by atoms with E-state index in [0.29, 0.717) is 0 Å². The summed E-state index contributed by atoms with van der Waals surface area (Å²) < 4.78 is 18.6. The molecule has 0 aliphatic rings. The number of amides is 6. The predicted molar refractivity (Wildman–Crippen MR) is 173 cm³/mol. The van der Waals surface area contributed by atoms with Crippen molar-refractivity contribution in [2.24, 2.45) is 0 Å². The molecule has 0 heterocycles. The molecule has 46 heavy (non-hydrogen) atoms. The lowest BCUT2D eigenvalue weighted by molar-refractivity contribution is -0.115. The molecule has 6 amide bonds. The average molecular weight is 632 g/mol. The van der Waals surface area contributed by atoms with Gasteiger partial charge in [-0.15, -0.1) is 0 Å². The Morgan fingerprint density at radius 1 is 0.391 bits per heavy atom. The van der Waals surface area contributed by atoms with Crippen molar-refractivity contribution >= 4 is 76.9 Å². The van der Waals surface area contributed by atoms with Gasteiger partial charge in [0.2, 0.25) is 35.4 Å². The van der Waals surface area contributed by atoms with Crippen LogP contribution in [-0.2, 0) is 28.8 Å². The molecule has 0 fully saturated rings. The van der Waals surface area contributed by atoms with Crippen LogP contribution < -0.4 is 45.9 Å². The summed E-state index contributed by atoms with van der Waals surface area (Å²) in [5, 5.41) is 15.7. The fourth-order valence-corrected chi connectivity index (χ4v) is 4.08. The third kappa shape index (κ3) is 10.0. The van der Waals surface area contributed by atoms with Gasteiger partial charge in [-0.2, -0.15) is 0 Å². The van der Waals surface area contributed by atoms with E-state index in [1.165, 1.54) is 77.9 Å². The average Bonchev–Trinajstić information content (AvgIpc) is 2.92. The minimum Gasteiger partial charge on any atom is -0.486 e. The van der Waals surface area contributed by atoms with Crippen molar-refractivity contribution < 1.29 is 42.7 Å². The van der Waals surface area contributed by atoms with Crippen molar-refractivity contribution in [1.29, 1.82) is 0 Å². The van der Waals surface area contributed by atoms with E-state index in [0.717, 1.165) is 0 Å². The maximum absolute atomic E-state index is 12.1. The van der Waals surface area contributed by atoms with Gasteiger partial charge in [-0.05, 0) is 36.4 Å². The van der Waals surface area contributed by atoms with E-state index in [9.17, 15) is 28.8 Å². The largest absolute Gasteiger partial charge is 0.864 e. The monoisotopic (exact) mass is 632 g/mol. The number of rotatable bonds is 12. The van der Waals surface area contributed by atoms with Crippen molar-refractivity contribution in [3.05, 3.63) is 54.6 Å². The molecule has 0 saturated heterocycles. The highest BCUT2D eigenvalue weighted by Gasteiger charge is 2.36. The molecule has 3 rings (SSSR count). The van der Waals surface area contributed by atoms with E-state index in [1.54, 1.807) is 18.2 Å². The molecule has 240 valence electrons. The minimum absolute atomic E-state index is 0.103. The van der Waals surface area contributed by atoms with Gasteiger partial charge >= 0.3 is 7.32 Å². The molecule has 0 unspecified atom stereocenters. The van der Waals surface area contributed by atoms with Crippen LogP contribution in [0.15, 0.2) is 54.6 Å². The summed E-state index contributed by atoms with van der Waals surface area (Å²) in [4.78, 5) is 72.5. The molecule has 0 radical (unpaired) electrons. The second-order valence-corrected chi connectivity index (χ2v) is 9.78. The molecule has 0 saturated carbocycles. The zero-order valence-electron chi connectivity index (χ0n) is 25.9. The van der Waals surface area contributed by atoms with E-state index < -0.39 is 42.8 Å². The highest BCUT2D eigenvalue weighted by atomic mass is 16.7. The molecule has 3 aromatic rings. The van der Waals surface area contributed by atoms with Gasteiger partial charge in [0, 0.05) is 41.5 Å². The smallest absolute Gasteiger partial charge is 0.486 e. The molecule has 16 heteroatoms. The molecular formula is C30H33BN6O9. The Labute approximate surface area is 264 Å². The zero-order valence-corrected chi connectivity index (χ0v) is 25.9. The van der Waals surface area contributed by atoms with Crippen LogP contribution in [-0.4, -0.2) is 42.8 Å². The molecule has 0 bridgehead atoms. The number of anilines is 6. The predicted octanol–water partition coefficient (Wildman–Crippen LogP) is 3.96. The Morgan fingerprint density at radius 2 is 0.565 bits per heavy atom. The highest BCUT2D eigenvalue weighted by molar-refractivity contribution is 6.40. The molecule has 0 aromatic heterocycles. The number of hydrogen-bond acceptors (Lipinski definition) is 9. The number of hydrogen-bond donors (Lipinski definition) is 6. The molecule has 3 aromatic carbocycles. The van der Waals surface area contributed by atoms with Crippen LogP contribution in [0, 0.1) is 0 Å². The summed E-state index contributed by atoms with van der Waals surface area (Å²) in [6, 6.07) is 13.7. The number of nitrogens with one attached hydrogen (secondary N) is 6. The summed E-state index contributed by atoms with van der Waals surface area (Å²) in [6.07, 6.45) is 0. The molecular weight excluding hydrogens is 599 g/mol. The minimum atomic E-state index is -1.85. The fraction of sp³-hybridized carbons (Fsp3) is 0.200. The van der Waals surface area contributed by atoms with Crippen molar-refractivity contribution in [3.8, 4) is 17.2 Å². The number of para-hydroxylation sites is 3. The van der Waals surface area contributed by atoms with Crippen LogP contribution in [0.5, 0.6) is 17.2 Å². The second kappa shape index (κ2) is 15.6. The first-order valence-corrected chi connectivity index (χ1v) is 13.8. The summed E-state index contributed by atoms with van der Waals surface area (Å²) in [7, 11) is -1.85. The van der Waals surface area contributed by atoms with Gasteiger partial charge in [-0.25, -0.2) is 0 Å². The third-order valence-corrected chi connectivity index (χ3v) is 5.55. The van der Waals surface area contributed by atoms with Crippen molar-refractivity contribution in [2.75, 3.05) is 31.9 Å².